The number of aromatic nitrogens is 3. The summed E-state index contributed by atoms with van der Waals surface area (Å²) in [5.41, 5.74) is 16.7. The fraction of sp³-hybridized carbons (Fsp3) is 0.118. The van der Waals surface area contributed by atoms with Crippen molar-refractivity contribution in [3.05, 3.63) is 127 Å². The maximum atomic E-state index is 6.62. The van der Waals surface area contributed by atoms with Crippen molar-refractivity contribution in [1.29, 1.82) is 0 Å². The third-order valence-electron chi connectivity index (χ3n) is 7.78. The largest absolute Gasteiger partial charge is 0.321 e. The van der Waals surface area contributed by atoms with Crippen molar-refractivity contribution >= 4 is 5.65 Å². The lowest BCUT2D eigenvalue weighted by molar-refractivity contribution is 0.253. The van der Waals surface area contributed by atoms with E-state index in [0.717, 1.165) is 63.3 Å². The first-order valence-electron chi connectivity index (χ1n) is 13.2. The fourth-order valence-electron chi connectivity index (χ4n) is 5.50. The molecule has 0 saturated heterocycles. The van der Waals surface area contributed by atoms with Crippen molar-refractivity contribution in [3.63, 3.8) is 0 Å². The van der Waals surface area contributed by atoms with Crippen molar-refractivity contribution in [2.75, 3.05) is 0 Å². The van der Waals surface area contributed by atoms with E-state index in [-0.39, 0.29) is 5.54 Å². The maximum Gasteiger partial charge on any atom is 0.164 e. The lowest BCUT2D eigenvalue weighted by atomic mass is 9.72. The second-order valence-corrected chi connectivity index (χ2v) is 10.2. The molecule has 1 fully saturated rings. The SMILES string of the molecule is NC1(c2ccc(-c3nc4c(-c5ccccc5)c(-c5ccccc5)nn4cc3-c3ccccc3)cc2)CCC1. The molecule has 4 nitrogen and oxygen atoms in total. The fourth-order valence-corrected chi connectivity index (χ4v) is 5.50. The van der Waals surface area contributed by atoms with Crippen molar-refractivity contribution in [1.82, 2.24) is 14.6 Å². The summed E-state index contributed by atoms with van der Waals surface area (Å²) >= 11 is 0. The summed E-state index contributed by atoms with van der Waals surface area (Å²) in [4.78, 5) is 5.34. The van der Waals surface area contributed by atoms with Gasteiger partial charge in [0.2, 0.25) is 0 Å². The molecule has 1 aliphatic carbocycles. The number of hydrogen-bond donors (Lipinski definition) is 1. The van der Waals surface area contributed by atoms with Gasteiger partial charge in [-0.15, -0.1) is 0 Å². The molecule has 7 rings (SSSR count). The van der Waals surface area contributed by atoms with E-state index in [1.54, 1.807) is 0 Å². The highest BCUT2D eigenvalue weighted by molar-refractivity contribution is 5.92. The summed E-state index contributed by atoms with van der Waals surface area (Å²) in [5, 5.41) is 5.08. The topological polar surface area (TPSA) is 56.2 Å². The standard InChI is InChI=1S/C34H28N4/c35-34(21-10-22-34)28-19-17-27(18-20-28)31-29(24-11-4-1-5-12-24)23-38-33(36-31)30(25-13-6-2-7-14-25)32(37-38)26-15-8-3-9-16-26/h1-9,11-20,23H,10,21-22,35H2. The van der Waals surface area contributed by atoms with Gasteiger partial charge in [0.25, 0.3) is 0 Å². The summed E-state index contributed by atoms with van der Waals surface area (Å²) in [5.74, 6) is 0. The lowest BCUT2D eigenvalue weighted by Gasteiger charge is -2.38. The Kier molecular flexibility index (Phi) is 5.41. The van der Waals surface area contributed by atoms with Crippen molar-refractivity contribution in [3.8, 4) is 44.8 Å². The summed E-state index contributed by atoms with van der Waals surface area (Å²) in [6.45, 7) is 0. The molecule has 2 aromatic heterocycles. The Morgan fingerprint density at radius 2 is 1.16 bits per heavy atom. The van der Waals surface area contributed by atoms with Gasteiger partial charge in [0.05, 0.1) is 11.3 Å². The van der Waals surface area contributed by atoms with Gasteiger partial charge >= 0.3 is 0 Å². The quantitative estimate of drug-likeness (QED) is 0.268. The molecule has 2 N–H and O–H groups in total. The van der Waals surface area contributed by atoms with Gasteiger partial charge in [-0.05, 0) is 36.0 Å². The minimum absolute atomic E-state index is 0.186. The van der Waals surface area contributed by atoms with Crippen LogP contribution in [0.1, 0.15) is 24.8 Å². The van der Waals surface area contributed by atoms with E-state index in [1.165, 1.54) is 12.0 Å². The van der Waals surface area contributed by atoms with Gasteiger partial charge in [0.1, 0.15) is 5.69 Å². The lowest BCUT2D eigenvalue weighted by Crippen LogP contribution is -2.43. The van der Waals surface area contributed by atoms with Crippen LogP contribution in [0.25, 0.3) is 50.4 Å². The maximum absolute atomic E-state index is 6.62. The van der Waals surface area contributed by atoms with Crippen LogP contribution in [-0.4, -0.2) is 14.6 Å². The Balaban J connectivity index is 1.49. The summed E-state index contributed by atoms with van der Waals surface area (Å²) in [6.07, 6.45) is 5.41. The molecule has 4 aromatic carbocycles. The molecule has 2 heterocycles. The predicted octanol–water partition coefficient (Wildman–Crippen LogP) is 7.74. The Hall–Kier alpha value is -4.54. The second kappa shape index (κ2) is 9.09. The molecule has 1 aliphatic rings. The Labute approximate surface area is 222 Å². The summed E-state index contributed by atoms with van der Waals surface area (Å²) in [6, 6.07) is 39.9. The number of benzene rings is 4. The van der Waals surface area contributed by atoms with E-state index in [9.17, 15) is 0 Å². The normalized spacial score (nSPS) is 14.3. The van der Waals surface area contributed by atoms with Crippen LogP contribution in [0.2, 0.25) is 0 Å². The van der Waals surface area contributed by atoms with E-state index in [1.807, 2.05) is 22.7 Å². The molecule has 0 unspecified atom stereocenters. The molecular weight excluding hydrogens is 464 g/mol. The molecule has 0 atom stereocenters. The van der Waals surface area contributed by atoms with Gasteiger partial charge in [-0.3, -0.25) is 0 Å². The molecule has 0 bridgehead atoms. The highest BCUT2D eigenvalue weighted by Crippen LogP contribution is 2.41. The molecule has 0 radical (unpaired) electrons. The predicted molar refractivity (Wildman–Crippen MR) is 154 cm³/mol. The van der Waals surface area contributed by atoms with Gasteiger partial charge in [-0.25, -0.2) is 9.50 Å². The monoisotopic (exact) mass is 492 g/mol. The van der Waals surface area contributed by atoms with E-state index >= 15 is 0 Å². The Bertz CT molecular complexity index is 1720. The molecule has 0 amide bonds. The zero-order valence-corrected chi connectivity index (χ0v) is 21.1. The van der Waals surface area contributed by atoms with E-state index in [4.69, 9.17) is 15.8 Å². The highest BCUT2D eigenvalue weighted by Gasteiger charge is 2.34. The van der Waals surface area contributed by atoms with E-state index in [0.29, 0.717) is 0 Å². The molecular formula is C34H28N4. The van der Waals surface area contributed by atoms with Crippen LogP contribution in [0.15, 0.2) is 121 Å². The minimum Gasteiger partial charge on any atom is -0.321 e. The Morgan fingerprint density at radius 1 is 0.605 bits per heavy atom. The third kappa shape index (κ3) is 3.82. The molecule has 38 heavy (non-hydrogen) atoms. The average molecular weight is 493 g/mol. The zero-order valence-electron chi connectivity index (χ0n) is 21.1. The number of nitrogens with zero attached hydrogens (tertiary/aromatic N) is 3. The van der Waals surface area contributed by atoms with E-state index < -0.39 is 0 Å². The van der Waals surface area contributed by atoms with Crippen LogP contribution in [0.4, 0.5) is 0 Å². The van der Waals surface area contributed by atoms with Gasteiger partial charge in [-0.1, -0.05) is 115 Å². The van der Waals surface area contributed by atoms with Crippen LogP contribution in [0.3, 0.4) is 0 Å². The van der Waals surface area contributed by atoms with Crippen molar-refractivity contribution < 1.29 is 0 Å². The first kappa shape index (κ1) is 22.6. The highest BCUT2D eigenvalue weighted by atomic mass is 15.3. The summed E-state index contributed by atoms with van der Waals surface area (Å²) < 4.78 is 1.94. The van der Waals surface area contributed by atoms with E-state index in [2.05, 4.69) is 103 Å². The molecule has 0 aliphatic heterocycles. The Morgan fingerprint density at radius 3 is 1.74 bits per heavy atom. The molecule has 0 spiro atoms. The summed E-state index contributed by atoms with van der Waals surface area (Å²) in [7, 11) is 0. The zero-order chi connectivity index (χ0) is 25.5. The number of rotatable bonds is 5. The van der Waals surface area contributed by atoms with Gasteiger partial charge in [-0.2, -0.15) is 5.10 Å². The third-order valence-corrected chi connectivity index (χ3v) is 7.78. The van der Waals surface area contributed by atoms with Crippen molar-refractivity contribution in [2.24, 2.45) is 5.73 Å². The molecule has 4 heteroatoms. The van der Waals surface area contributed by atoms with Crippen LogP contribution in [-0.2, 0) is 5.54 Å². The average Bonchev–Trinajstić information content (AvgIpc) is 3.35. The molecule has 184 valence electrons. The molecule has 6 aromatic rings. The first-order valence-corrected chi connectivity index (χ1v) is 13.2. The van der Waals surface area contributed by atoms with Gasteiger partial charge in [0.15, 0.2) is 5.65 Å². The second-order valence-electron chi connectivity index (χ2n) is 10.2. The van der Waals surface area contributed by atoms with Gasteiger partial charge in [0, 0.05) is 28.4 Å². The first-order chi connectivity index (χ1) is 18.7. The van der Waals surface area contributed by atoms with Crippen LogP contribution < -0.4 is 5.73 Å². The van der Waals surface area contributed by atoms with Crippen LogP contribution in [0, 0.1) is 0 Å². The van der Waals surface area contributed by atoms with Crippen LogP contribution in [0.5, 0.6) is 0 Å². The van der Waals surface area contributed by atoms with Crippen LogP contribution >= 0.6 is 0 Å². The van der Waals surface area contributed by atoms with Crippen molar-refractivity contribution in [2.45, 2.75) is 24.8 Å². The van der Waals surface area contributed by atoms with Gasteiger partial charge < -0.3 is 5.73 Å². The number of hydrogen-bond acceptors (Lipinski definition) is 3. The number of nitrogens with two attached hydrogens (primary N) is 1. The smallest absolute Gasteiger partial charge is 0.164 e. The minimum atomic E-state index is -0.186. The number of fused-ring (bicyclic) bond motifs is 1. The molecule has 1 saturated carbocycles.